The van der Waals surface area contributed by atoms with Crippen LogP contribution >= 0.6 is 11.6 Å². The van der Waals surface area contributed by atoms with Crippen molar-refractivity contribution in [2.45, 2.75) is 0 Å². The van der Waals surface area contributed by atoms with Crippen LogP contribution in [-0.4, -0.2) is 10.9 Å². The van der Waals surface area contributed by atoms with Gasteiger partial charge >= 0.3 is 0 Å². The van der Waals surface area contributed by atoms with Crippen molar-refractivity contribution in [3.05, 3.63) is 64.8 Å². The molecule has 21 heavy (non-hydrogen) atoms. The quantitative estimate of drug-likeness (QED) is 0.726. The number of amides is 1. The van der Waals surface area contributed by atoms with Crippen molar-refractivity contribution in [1.82, 2.24) is 4.98 Å². The highest BCUT2D eigenvalue weighted by Crippen LogP contribution is 2.23. The van der Waals surface area contributed by atoms with Gasteiger partial charge in [0.05, 0.1) is 10.6 Å². The summed E-state index contributed by atoms with van der Waals surface area (Å²) in [6.07, 6.45) is 1.49. The highest BCUT2D eigenvalue weighted by Gasteiger charge is 2.13. The lowest BCUT2D eigenvalue weighted by atomic mass is 10.1. The van der Waals surface area contributed by atoms with E-state index in [1.807, 2.05) is 0 Å². The molecule has 1 aromatic heterocycles. The van der Waals surface area contributed by atoms with Crippen LogP contribution in [0.25, 0.3) is 10.9 Å². The van der Waals surface area contributed by atoms with Gasteiger partial charge in [-0.25, -0.2) is 8.78 Å². The van der Waals surface area contributed by atoms with Gasteiger partial charge in [-0.15, -0.1) is 0 Å². The molecule has 0 bridgehead atoms. The number of hydrogen-bond acceptors (Lipinski definition) is 1. The third-order valence-corrected chi connectivity index (χ3v) is 3.36. The smallest absolute Gasteiger partial charge is 0.257 e. The zero-order valence-corrected chi connectivity index (χ0v) is 11.3. The van der Waals surface area contributed by atoms with E-state index in [4.69, 9.17) is 11.6 Å². The molecule has 0 aliphatic heterocycles. The van der Waals surface area contributed by atoms with Crippen LogP contribution in [-0.2, 0) is 0 Å². The van der Waals surface area contributed by atoms with E-state index >= 15 is 0 Å². The Kier molecular flexibility index (Phi) is 3.35. The number of aromatic amines is 1. The molecule has 6 heteroatoms. The molecule has 0 spiro atoms. The summed E-state index contributed by atoms with van der Waals surface area (Å²) in [6, 6.07) is 8.00. The maximum Gasteiger partial charge on any atom is 0.257 e. The van der Waals surface area contributed by atoms with E-state index in [0.717, 1.165) is 6.07 Å². The van der Waals surface area contributed by atoms with Gasteiger partial charge in [-0.05, 0) is 36.4 Å². The van der Waals surface area contributed by atoms with Crippen LogP contribution in [0, 0.1) is 11.6 Å². The maximum atomic E-state index is 13.3. The number of H-pyrrole nitrogens is 1. The average Bonchev–Trinajstić information content (AvgIpc) is 2.86. The van der Waals surface area contributed by atoms with Gasteiger partial charge in [0.1, 0.15) is 11.6 Å². The number of aromatic nitrogens is 1. The molecule has 0 atom stereocenters. The van der Waals surface area contributed by atoms with Crippen molar-refractivity contribution in [3.8, 4) is 0 Å². The van der Waals surface area contributed by atoms with Crippen LogP contribution < -0.4 is 5.32 Å². The van der Waals surface area contributed by atoms with E-state index in [0.29, 0.717) is 22.2 Å². The second-order valence-electron chi connectivity index (χ2n) is 4.48. The van der Waals surface area contributed by atoms with E-state index < -0.39 is 17.5 Å². The van der Waals surface area contributed by atoms with Crippen LogP contribution in [0.2, 0.25) is 5.02 Å². The van der Waals surface area contributed by atoms with Gasteiger partial charge in [0.25, 0.3) is 5.91 Å². The first-order valence-corrected chi connectivity index (χ1v) is 6.45. The summed E-state index contributed by atoms with van der Waals surface area (Å²) in [5.74, 6) is -1.43. The topological polar surface area (TPSA) is 44.9 Å². The molecule has 3 rings (SSSR count). The largest absolute Gasteiger partial charge is 0.360 e. The Balaban J connectivity index is 1.93. The SMILES string of the molecule is O=C(Nc1ccc(F)c(Cl)c1)c1c[nH]c2ccc(F)cc12. The summed E-state index contributed by atoms with van der Waals surface area (Å²) in [4.78, 5) is 15.1. The van der Waals surface area contributed by atoms with Gasteiger partial charge in [-0.2, -0.15) is 0 Å². The van der Waals surface area contributed by atoms with E-state index in [9.17, 15) is 13.6 Å². The molecule has 3 nitrogen and oxygen atoms in total. The van der Waals surface area contributed by atoms with Crippen LogP contribution in [0.1, 0.15) is 10.4 Å². The summed E-state index contributed by atoms with van der Waals surface area (Å²) in [5, 5.41) is 2.98. The molecule has 0 radical (unpaired) electrons. The van der Waals surface area contributed by atoms with Gasteiger partial charge in [0.15, 0.2) is 0 Å². The third-order valence-electron chi connectivity index (χ3n) is 3.07. The fourth-order valence-corrected chi connectivity index (χ4v) is 2.23. The summed E-state index contributed by atoms with van der Waals surface area (Å²) in [6.45, 7) is 0. The monoisotopic (exact) mass is 306 g/mol. The Hall–Kier alpha value is -2.40. The summed E-state index contributed by atoms with van der Waals surface area (Å²) >= 11 is 5.66. The Morgan fingerprint density at radius 2 is 1.95 bits per heavy atom. The minimum Gasteiger partial charge on any atom is -0.360 e. The minimum atomic E-state index is -0.566. The van der Waals surface area contributed by atoms with Gasteiger partial charge in [-0.1, -0.05) is 11.6 Å². The predicted octanol–water partition coefficient (Wildman–Crippen LogP) is 4.35. The summed E-state index contributed by atoms with van der Waals surface area (Å²) in [7, 11) is 0. The molecule has 3 aromatic rings. The molecule has 106 valence electrons. The lowest BCUT2D eigenvalue weighted by Crippen LogP contribution is -2.11. The fourth-order valence-electron chi connectivity index (χ4n) is 2.05. The molecule has 2 N–H and O–H groups in total. The van der Waals surface area contributed by atoms with Crippen molar-refractivity contribution >= 4 is 34.1 Å². The van der Waals surface area contributed by atoms with Crippen molar-refractivity contribution in [3.63, 3.8) is 0 Å². The van der Waals surface area contributed by atoms with Gasteiger partial charge in [0, 0.05) is 22.8 Å². The van der Waals surface area contributed by atoms with Gasteiger partial charge < -0.3 is 10.3 Å². The Morgan fingerprint density at radius 3 is 2.71 bits per heavy atom. The first-order chi connectivity index (χ1) is 10.0. The van der Waals surface area contributed by atoms with E-state index in [1.54, 1.807) is 6.07 Å². The lowest BCUT2D eigenvalue weighted by molar-refractivity contribution is 0.102. The van der Waals surface area contributed by atoms with Crippen molar-refractivity contribution < 1.29 is 13.6 Å². The number of nitrogens with one attached hydrogen (secondary N) is 2. The molecule has 0 unspecified atom stereocenters. The molecule has 0 aliphatic carbocycles. The Morgan fingerprint density at radius 1 is 1.14 bits per heavy atom. The predicted molar refractivity (Wildman–Crippen MR) is 77.6 cm³/mol. The van der Waals surface area contributed by atoms with Crippen molar-refractivity contribution in [1.29, 1.82) is 0 Å². The van der Waals surface area contributed by atoms with Crippen LogP contribution in [0.4, 0.5) is 14.5 Å². The number of carbonyl (C=O) groups is 1. The zero-order chi connectivity index (χ0) is 15.0. The zero-order valence-electron chi connectivity index (χ0n) is 10.6. The van der Waals surface area contributed by atoms with Crippen molar-refractivity contribution in [2.24, 2.45) is 0 Å². The molecule has 2 aromatic carbocycles. The van der Waals surface area contributed by atoms with Crippen LogP contribution in [0.15, 0.2) is 42.6 Å². The fraction of sp³-hybridized carbons (Fsp3) is 0. The van der Waals surface area contributed by atoms with E-state index in [-0.39, 0.29) is 5.02 Å². The average molecular weight is 307 g/mol. The number of carbonyl (C=O) groups excluding carboxylic acids is 1. The molecule has 0 aliphatic rings. The molecular weight excluding hydrogens is 298 g/mol. The molecule has 0 saturated heterocycles. The number of benzene rings is 2. The first kappa shape index (κ1) is 13.6. The van der Waals surface area contributed by atoms with Gasteiger partial charge in [-0.3, -0.25) is 4.79 Å². The number of halogens is 3. The van der Waals surface area contributed by atoms with E-state index in [1.165, 1.54) is 30.5 Å². The van der Waals surface area contributed by atoms with Crippen molar-refractivity contribution in [2.75, 3.05) is 5.32 Å². The molecule has 0 saturated carbocycles. The molecule has 1 amide bonds. The third kappa shape index (κ3) is 2.60. The standard InChI is InChI=1S/C15H9ClF2N2O/c16-12-6-9(2-3-13(12)18)20-15(21)11-7-19-14-4-1-8(17)5-10(11)14/h1-7,19H,(H,20,21). The normalized spacial score (nSPS) is 10.8. The van der Waals surface area contributed by atoms with Gasteiger partial charge in [0.2, 0.25) is 0 Å². The van der Waals surface area contributed by atoms with E-state index in [2.05, 4.69) is 10.3 Å². The Bertz CT molecular complexity index is 845. The number of rotatable bonds is 2. The maximum absolute atomic E-state index is 13.3. The second kappa shape index (κ2) is 5.18. The molecule has 0 fully saturated rings. The number of anilines is 1. The molecular formula is C15H9ClF2N2O. The van der Waals surface area contributed by atoms with Crippen LogP contribution in [0.3, 0.4) is 0 Å². The number of hydrogen-bond donors (Lipinski definition) is 2. The lowest BCUT2D eigenvalue weighted by Gasteiger charge is -2.05. The summed E-state index contributed by atoms with van der Waals surface area (Å²) in [5.41, 5.74) is 1.31. The summed E-state index contributed by atoms with van der Waals surface area (Å²) < 4.78 is 26.3. The minimum absolute atomic E-state index is 0.0854. The highest BCUT2D eigenvalue weighted by atomic mass is 35.5. The van der Waals surface area contributed by atoms with Crippen LogP contribution in [0.5, 0.6) is 0 Å². The second-order valence-corrected chi connectivity index (χ2v) is 4.88. The highest BCUT2D eigenvalue weighted by molar-refractivity contribution is 6.31. The Labute approximate surface area is 123 Å². The first-order valence-electron chi connectivity index (χ1n) is 6.07. The number of fused-ring (bicyclic) bond motifs is 1. The molecule has 1 heterocycles.